The van der Waals surface area contributed by atoms with Gasteiger partial charge in [0.05, 0.1) is 0 Å². The quantitative estimate of drug-likeness (QED) is 0.656. The van der Waals surface area contributed by atoms with Gasteiger partial charge in [-0.25, -0.2) is 0 Å². The van der Waals surface area contributed by atoms with Gasteiger partial charge in [-0.15, -0.1) is 6.58 Å². The molecule has 90 valence electrons. The molecule has 1 aliphatic rings. The number of amides is 2. The molecule has 0 aromatic rings. The van der Waals surface area contributed by atoms with E-state index in [1.807, 2.05) is 0 Å². The third kappa shape index (κ3) is 2.82. The van der Waals surface area contributed by atoms with Crippen LogP contribution in [-0.4, -0.2) is 61.4 Å². The molecule has 1 unspecified atom stereocenters. The van der Waals surface area contributed by atoms with E-state index in [0.717, 1.165) is 6.54 Å². The number of carbonyl (C=O) groups is 2. The molecule has 2 amide bonds. The summed E-state index contributed by atoms with van der Waals surface area (Å²) in [6.45, 7) is 5.39. The third-order valence-electron chi connectivity index (χ3n) is 2.61. The summed E-state index contributed by atoms with van der Waals surface area (Å²) in [6.07, 6.45) is 1.86. The molecule has 0 aliphatic carbocycles. The maximum atomic E-state index is 11.9. The monoisotopic (exact) mass is 225 g/mol. The minimum absolute atomic E-state index is 0.0308. The summed E-state index contributed by atoms with van der Waals surface area (Å²) in [5.41, 5.74) is 0. The Labute approximate surface area is 96.1 Å². The Morgan fingerprint density at radius 1 is 1.56 bits per heavy atom. The van der Waals surface area contributed by atoms with Gasteiger partial charge in [-0.3, -0.25) is 9.59 Å². The second-order valence-corrected chi connectivity index (χ2v) is 4.03. The molecule has 1 fully saturated rings. The van der Waals surface area contributed by atoms with Crippen LogP contribution in [0.1, 0.15) is 6.42 Å². The van der Waals surface area contributed by atoms with Crippen molar-refractivity contribution in [1.82, 2.24) is 15.1 Å². The van der Waals surface area contributed by atoms with Crippen molar-refractivity contribution < 1.29 is 9.59 Å². The standard InChI is InChI=1S/C11H19N3O2/c1-4-5-10(15)14-7-6-12-8-9(14)11(16)13(2)3/h4,9,12H,1,5-8H2,2-3H3. The fraction of sp³-hybridized carbons (Fsp3) is 0.636. The Morgan fingerprint density at radius 3 is 2.81 bits per heavy atom. The number of hydrogen-bond donors (Lipinski definition) is 1. The second-order valence-electron chi connectivity index (χ2n) is 4.03. The molecule has 1 heterocycles. The van der Waals surface area contributed by atoms with Crippen molar-refractivity contribution in [3.8, 4) is 0 Å². The van der Waals surface area contributed by atoms with Crippen LogP contribution in [0.3, 0.4) is 0 Å². The van der Waals surface area contributed by atoms with Gasteiger partial charge in [0.25, 0.3) is 0 Å². The normalized spacial score (nSPS) is 20.4. The molecule has 0 bridgehead atoms. The second kappa shape index (κ2) is 5.65. The predicted molar refractivity (Wildman–Crippen MR) is 61.9 cm³/mol. The molecule has 5 heteroatoms. The lowest BCUT2D eigenvalue weighted by molar-refractivity contribution is -0.144. The average Bonchev–Trinajstić information content (AvgIpc) is 2.28. The number of nitrogens with zero attached hydrogens (tertiary/aromatic N) is 2. The minimum Gasteiger partial charge on any atom is -0.347 e. The highest BCUT2D eigenvalue weighted by atomic mass is 16.2. The maximum absolute atomic E-state index is 11.9. The average molecular weight is 225 g/mol. The van der Waals surface area contributed by atoms with Crippen LogP contribution in [-0.2, 0) is 9.59 Å². The Hall–Kier alpha value is -1.36. The number of carbonyl (C=O) groups excluding carboxylic acids is 2. The molecule has 16 heavy (non-hydrogen) atoms. The maximum Gasteiger partial charge on any atom is 0.246 e. The smallest absolute Gasteiger partial charge is 0.246 e. The summed E-state index contributed by atoms with van der Waals surface area (Å²) < 4.78 is 0. The number of nitrogens with one attached hydrogen (secondary N) is 1. The largest absolute Gasteiger partial charge is 0.347 e. The zero-order valence-electron chi connectivity index (χ0n) is 9.90. The lowest BCUT2D eigenvalue weighted by atomic mass is 10.1. The van der Waals surface area contributed by atoms with Crippen LogP contribution < -0.4 is 5.32 Å². The zero-order chi connectivity index (χ0) is 12.1. The van der Waals surface area contributed by atoms with Gasteiger partial charge in [0.2, 0.25) is 11.8 Å². The minimum atomic E-state index is -0.379. The molecule has 1 aliphatic heterocycles. The molecule has 0 aromatic carbocycles. The van der Waals surface area contributed by atoms with Crippen molar-refractivity contribution in [1.29, 1.82) is 0 Å². The first kappa shape index (κ1) is 12.7. The van der Waals surface area contributed by atoms with E-state index in [2.05, 4.69) is 11.9 Å². The highest BCUT2D eigenvalue weighted by Crippen LogP contribution is 2.08. The molecule has 5 nitrogen and oxygen atoms in total. The SMILES string of the molecule is C=CCC(=O)N1CCNCC1C(=O)N(C)C. The van der Waals surface area contributed by atoms with Crippen molar-refractivity contribution in [2.75, 3.05) is 33.7 Å². The van der Waals surface area contributed by atoms with Gasteiger partial charge in [0.15, 0.2) is 0 Å². The Bertz CT molecular complexity index is 289. The summed E-state index contributed by atoms with van der Waals surface area (Å²) in [5.74, 6) is -0.0682. The fourth-order valence-corrected chi connectivity index (χ4v) is 1.76. The van der Waals surface area contributed by atoms with Gasteiger partial charge in [0, 0.05) is 40.2 Å². The lowest BCUT2D eigenvalue weighted by Crippen LogP contribution is -2.59. The molecule has 1 saturated heterocycles. The fourth-order valence-electron chi connectivity index (χ4n) is 1.76. The number of hydrogen-bond acceptors (Lipinski definition) is 3. The highest BCUT2D eigenvalue weighted by Gasteiger charge is 2.32. The van der Waals surface area contributed by atoms with Crippen molar-refractivity contribution in [3.63, 3.8) is 0 Å². The Balaban J connectivity index is 2.74. The highest BCUT2D eigenvalue weighted by molar-refractivity contribution is 5.88. The summed E-state index contributed by atoms with van der Waals surface area (Å²) in [7, 11) is 3.40. The van der Waals surface area contributed by atoms with E-state index in [9.17, 15) is 9.59 Å². The first-order valence-corrected chi connectivity index (χ1v) is 5.40. The van der Waals surface area contributed by atoms with E-state index >= 15 is 0 Å². The summed E-state index contributed by atoms with van der Waals surface area (Å²) in [6, 6.07) is -0.379. The van der Waals surface area contributed by atoms with Crippen LogP contribution in [0.2, 0.25) is 0 Å². The molecule has 1 rings (SSSR count). The number of likely N-dealkylation sites (N-methyl/N-ethyl adjacent to an activating group) is 1. The van der Waals surface area contributed by atoms with Crippen LogP contribution in [0.4, 0.5) is 0 Å². The number of rotatable bonds is 3. The van der Waals surface area contributed by atoms with Crippen molar-refractivity contribution in [2.45, 2.75) is 12.5 Å². The summed E-state index contributed by atoms with van der Waals surface area (Å²) >= 11 is 0. The van der Waals surface area contributed by atoms with E-state index in [1.165, 1.54) is 4.90 Å². The topological polar surface area (TPSA) is 52.7 Å². The van der Waals surface area contributed by atoms with Crippen molar-refractivity contribution >= 4 is 11.8 Å². The van der Waals surface area contributed by atoms with Crippen molar-refractivity contribution in [2.24, 2.45) is 0 Å². The van der Waals surface area contributed by atoms with Gasteiger partial charge in [-0.1, -0.05) is 6.08 Å². The third-order valence-corrected chi connectivity index (χ3v) is 2.61. The molecule has 1 atom stereocenters. The van der Waals surface area contributed by atoms with Crippen LogP contribution in [0, 0.1) is 0 Å². The van der Waals surface area contributed by atoms with E-state index < -0.39 is 0 Å². The van der Waals surface area contributed by atoms with Crippen LogP contribution in [0.25, 0.3) is 0 Å². The summed E-state index contributed by atoms with van der Waals surface area (Å²) in [4.78, 5) is 26.8. The van der Waals surface area contributed by atoms with Gasteiger partial charge in [-0.05, 0) is 0 Å². The molecule has 0 spiro atoms. The van der Waals surface area contributed by atoms with Gasteiger partial charge >= 0.3 is 0 Å². The molecule has 0 radical (unpaired) electrons. The molecule has 0 aromatic heterocycles. The summed E-state index contributed by atoms with van der Waals surface area (Å²) in [5, 5.41) is 3.13. The molecule has 0 saturated carbocycles. The van der Waals surface area contributed by atoms with Crippen LogP contribution in [0.15, 0.2) is 12.7 Å². The van der Waals surface area contributed by atoms with Gasteiger partial charge in [-0.2, -0.15) is 0 Å². The molecular weight excluding hydrogens is 206 g/mol. The zero-order valence-corrected chi connectivity index (χ0v) is 9.90. The Morgan fingerprint density at radius 2 is 2.25 bits per heavy atom. The lowest BCUT2D eigenvalue weighted by Gasteiger charge is -2.36. The Kier molecular flexibility index (Phi) is 4.49. The number of piperazine rings is 1. The van der Waals surface area contributed by atoms with Crippen molar-refractivity contribution in [3.05, 3.63) is 12.7 Å². The van der Waals surface area contributed by atoms with Gasteiger partial charge in [0.1, 0.15) is 6.04 Å². The predicted octanol–water partition coefficient (Wildman–Crippen LogP) is -0.549. The first-order chi connectivity index (χ1) is 7.57. The van der Waals surface area contributed by atoms with E-state index in [4.69, 9.17) is 0 Å². The van der Waals surface area contributed by atoms with E-state index in [1.54, 1.807) is 25.1 Å². The molecular formula is C11H19N3O2. The molecule has 1 N–H and O–H groups in total. The van der Waals surface area contributed by atoms with Crippen LogP contribution >= 0.6 is 0 Å². The van der Waals surface area contributed by atoms with Crippen LogP contribution in [0.5, 0.6) is 0 Å². The van der Waals surface area contributed by atoms with E-state index in [-0.39, 0.29) is 24.3 Å². The van der Waals surface area contributed by atoms with E-state index in [0.29, 0.717) is 13.1 Å². The first-order valence-electron chi connectivity index (χ1n) is 5.40. The van der Waals surface area contributed by atoms with Gasteiger partial charge < -0.3 is 15.1 Å².